The maximum Gasteiger partial charge on any atom is 0.305 e. The molecule has 200 valence electrons. The van der Waals surface area contributed by atoms with Crippen molar-refractivity contribution in [3.63, 3.8) is 0 Å². The van der Waals surface area contributed by atoms with Crippen LogP contribution in [0.1, 0.15) is 124 Å². The molecule has 0 saturated heterocycles. The van der Waals surface area contributed by atoms with Crippen LogP contribution in [0.5, 0.6) is 0 Å². The van der Waals surface area contributed by atoms with E-state index >= 15 is 0 Å². The van der Waals surface area contributed by atoms with Crippen LogP contribution in [0, 0.1) is 0 Å². The van der Waals surface area contributed by atoms with Crippen molar-refractivity contribution in [2.24, 2.45) is 0 Å². The van der Waals surface area contributed by atoms with Crippen molar-refractivity contribution in [3.05, 3.63) is 0 Å². The Bertz CT molecular complexity index is 489. The zero-order chi connectivity index (χ0) is 25.4. The number of nitrogens with zero attached hydrogens (tertiary/aromatic N) is 1. The third-order valence-corrected chi connectivity index (χ3v) is 5.95. The highest BCUT2D eigenvalue weighted by Gasteiger charge is 2.20. The lowest BCUT2D eigenvalue weighted by Crippen LogP contribution is -2.66. The van der Waals surface area contributed by atoms with Crippen LogP contribution < -0.4 is 5.73 Å². The Morgan fingerprint density at radius 1 is 0.647 bits per heavy atom. The van der Waals surface area contributed by atoms with Gasteiger partial charge in [-0.3, -0.25) is 14.4 Å². The normalized spacial score (nSPS) is 11.8. The Balaban J connectivity index is 4.02. The standard InChI is InChI=1S/C27H52N2O5/c1-4-6-8-10-12-14-16-18-25(30)33-22-20-29(27(32)24(3)28)21-23-34-26(31)19-17-15-13-11-9-7-5-2/h24H,4-23,28H2,1-3H3/p+1. The zero-order valence-corrected chi connectivity index (χ0v) is 22.4. The van der Waals surface area contributed by atoms with Crippen LogP contribution in [0.15, 0.2) is 0 Å². The lowest BCUT2D eigenvalue weighted by atomic mass is 10.1. The second-order valence-corrected chi connectivity index (χ2v) is 9.41. The molecule has 0 aromatic carbocycles. The smallest absolute Gasteiger partial charge is 0.305 e. The molecular weight excluding hydrogens is 432 g/mol. The highest BCUT2D eigenvalue weighted by Crippen LogP contribution is 2.10. The molecule has 1 atom stereocenters. The lowest BCUT2D eigenvalue weighted by molar-refractivity contribution is -0.400. The summed E-state index contributed by atoms with van der Waals surface area (Å²) >= 11 is 0. The minimum absolute atomic E-state index is 0.133. The number of carbonyl (C=O) groups excluding carboxylic acids is 3. The molecule has 7 nitrogen and oxygen atoms in total. The minimum atomic E-state index is -0.410. The average Bonchev–Trinajstić information content (AvgIpc) is 2.81. The van der Waals surface area contributed by atoms with E-state index in [0.717, 1.165) is 38.5 Å². The number of rotatable bonds is 23. The molecule has 0 aromatic rings. The van der Waals surface area contributed by atoms with E-state index < -0.39 is 6.04 Å². The fourth-order valence-electron chi connectivity index (χ4n) is 3.78. The molecule has 0 bridgehead atoms. The van der Waals surface area contributed by atoms with Crippen LogP contribution in [0.2, 0.25) is 0 Å². The molecule has 0 aliphatic carbocycles. The van der Waals surface area contributed by atoms with E-state index in [9.17, 15) is 14.4 Å². The molecule has 0 rings (SSSR count). The molecule has 3 N–H and O–H groups in total. The highest BCUT2D eigenvalue weighted by molar-refractivity contribution is 5.80. The van der Waals surface area contributed by atoms with E-state index in [-0.39, 0.29) is 44.1 Å². The molecule has 34 heavy (non-hydrogen) atoms. The molecule has 0 spiro atoms. The van der Waals surface area contributed by atoms with E-state index in [0.29, 0.717) is 12.8 Å². The van der Waals surface area contributed by atoms with E-state index in [1.54, 1.807) is 11.8 Å². The zero-order valence-electron chi connectivity index (χ0n) is 22.4. The second kappa shape index (κ2) is 23.1. The largest absolute Gasteiger partial charge is 0.464 e. The minimum Gasteiger partial charge on any atom is -0.464 e. The Kier molecular flexibility index (Phi) is 22.0. The van der Waals surface area contributed by atoms with Gasteiger partial charge in [-0.05, 0) is 19.8 Å². The first-order chi connectivity index (χ1) is 16.4. The average molecular weight is 486 g/mol. The number of quaternary nitrogens is 1. The van der Waals surface area contributed by atoms with E-state index in [4.69, 9.17) is 9.47 Å². The number of unbranched alkanes of at least 4 members (excludes halogenated alkanes) is 12. The fourth-order valence-corrected chi connectivity index (χ4v) is 3.78. The van der Waals surface area contributed by atoms with E-state index in [1.807, 2.05) is 0 Å². The van der Waals surface area contributed by atoms with Crippen molar-refractivity contribution in [3.8, 4) is 0 Å². The number of amides is 1. The molecule has 0 aliphatic heterocycles. The number of hydrogen-bond donors (Lipinski definition) is 1. The van der Waals surface area contributed by atoms with Crippen LogP contribution in [-0.4, -0.2) is 55.1 Å². The Morgan fingerprint density at radius 2 is 1.00 bits per heavy atom. The van der Waals surface area contributed by atoms with Gasteiger partial charge >= 0.3 is 11.9 Å². The van der Waals surface area contributed by atoms with Gasteiger partial charge in [-0.25, -0.2) is 0 Å². The molecular formula is C27H53N2O5+. The first-order valence-corrected chi connectivity index (χ1v) is 13.8. The van der Waals surface area contributed by atoms with Crippen LogP contribution in [0.3, 0.4) is 0 Å². The van der Waals surface area contributed by atoms with Gasteiger partial charge in [0.15, 0.2) is 6.04 Å². The summed E-state index contributed by atoms with van der Waals surface area (Å²) < 4.78 is 10.6. The highest BCUT2D eigenvalue weighted by atomic mass is 16.5. The van der Waals surface area contributed by atoms with Gasteiger partial charge in [0.1, 0.15) is 13.2 Å². The topological polar surface area (TPSA) is 101 Å². The summed E-state index contributed by atoms with van der Waals surface area (Å²) in [4.78, 5) is 37.9. The predicted octanol–water partition coefficient (Wildman–Crippen LogP) is 4.81. The Morgan fingerprint density at radius 3 is 1.35 bits per heavy atom. The maximum absolute atomic E-state index is 12.4. The van der Waals surface area contributed by atoms with Crippen molar-refractivity contribution in [1.29, 1.82) is 0 Å². The van der Waals surface area contributed by atoms with Gasteiger partial charge in [0.2, 0.25) is 0 Å². The number of esters is 2. The SMILES string of the molecule is CCCCCCCCCC(=O)OCCN(CCOC(=O)CCCCCCCCC)C(=O)C(C)[NH3+]. The maximum atomic E-state index is 12.4. The third kappa shape index (κ3) is 19.8. The molecule has 0 radical (unpaired) electrons. The molecule has 0 aromatic heterocycles. The van der Waals surface area contributed by atoms with Crippen molar-refractivity contribution in [2.75, 3.05) is 26.3 Å². The summed E-state index contributed by atoms with van der Waals surface area (Å²) in [7, 11) is 0. The number of ether oxygens (including phenoxy) is 2. The van der Waals surface area contributed by atoms with Crippen LogP contribution in [0.4, 0.5) is 0 Å². The summed E-state index contributed by atoms with van der Waals surface area (Å²) in [6, 6.07) is -0.410. The van der Waals surface area contributed by atoms with Gasteiger partial charge in [-0.15, -0.1) is 0 Å². The van der Waals surface area contributed by atoms with Crippen LogP contribution in [-0.2, 0) is 23.9 Å². The van der Waals surface area contributed by atoms with Crippen molar-refractivity contribution in [1.82, 2.24) is 4.90 Å². The summed E-state index contributed by atoms with van der Waals surface area (Å²) in [6.07, 6.45) is 17.0. The second-order valence-electron chi connectivity index (χ2n) is 9.41. The molecule has 0 saturated carbocycles. The van der Waals surface area contributed by atoms with Crippen LogP contribution >= 0.6 is 0 Å². The Labute approximate surface area is 208 Å². The monoisotopic (exact) mass is 485 g/mol. The molecule has 0 heterocycles. The third-order valence-electron chi connectivity index (χ3n) is 5.95. The summed E-state index contributed by atoms with van der Waals surface area (Å²) in [6.45, 7) is 7.02. The van der Waals surface area contributed by atoms with Crippen molar-refractivity contribution in [2.45, 2.75) is 130 Å². The first kappa shape index (κ1) is 32.4. The van der Waals surface area contributed by atoms with Crippen molar-refractivity contribution >= 4 is 17.8 Å². The molecule has 1 unspecified atom stereocenters. The van der Waals surface area contributed by atoms with E-state index in [2.05, 4.69) is 19.6 Å². The number of hydrogen-bond acceptors (Lipinski definition) is 5. The fraction of sp³-hybridized carbons (Fsp3) is 0.889. The Hall–Kier alpha value is -1.63. The van der Waals surface area contributed by atoms with Gasteiger partial charge < -0.3 is 20.1 Å². The quantitative estimate of drug-likeness (QED) is 0.165. The molecule has 0 fully saturated rings. The van der Waals surface area contributed by atoms with E-state index in [1.165, 1.54) is 51.4 Å². The van der Waals surface area contributed by atoms with Gasteiger partial charge in [0.05, 0.1) is 13.1 Å². The van der Waals surface area contributed by atoms with Gasteiger partial charge in [0.25, 0.3) is 5.91 Å². The summed E-state index contributed by atoms with van der Waals surface area (Å²) in [5.74, 6) is -0.569. The van der Waals surface area contributed by atoms with Crippen LogP contribution in [0.25, 0.3) is 0 Å². The van der Waals surface area contributed by atoms with Gasteiger partial charge in [-0.1, -0.05) is 90.9 Å². The molecule has 7 heteroatoms. The number of carbonyl (C=O) groups is 3. The molecule has 0 aliphatic rings. The first-order valence-electron chi connectivity index (χ1n) is 13.8. The predicted molar refractivity (Wildman–Crippen MR) is 136 cm³/mol. The lowest BCUT2D eigenvalue weighted by Gasteiger charge is -2.23. The van der Waals surface area contributed by atoms with Crippen molar-refractivity contribution < 1.29 is 29.6 Å². The summed E-state index contributed by atoms with van der Waals surface area (Å²) in [5, 5.41) is 0. The molecule has 1 amide bonds. The summed E-state index contributed by atoms with van der Waals surface area (Å²) in [5.41, 5.74) is 3.79. The van der Waals surface area contributed by atoms with Gasteiger partial charge in [-0.2, -0.15) is 0 Å². The van der Waals surface area contributed by atoms with Gasteiger partial charge in [0, 0.05) is 12.8 Å².